The number of rotatable bonds is 3. The second-order valence-corrected chi connectivity index (χ2v) is 6.12. The molecule has 0 fully saturated rings. The Balaban J connectivity index is 2.67. The number of hydrogen-bond donors (Lipinski definition) is 0. The van der Waals surface area contributed by atoms with Gasteiger partial charge >= 0.3 is 5.97 Å². The predicted octanol–water partition coefficient (Wildman–Crippen LogP) is 2.95. The Morgan fingerprint density at radius 1 is 1.47 bits per heavy atom. The van der Waals surface area contributed by atoms with Crippen LogP contribution in [-0.2, 0) is 14.3 Å². The Morgan fingerprint density at radius 3 is 2.65 bits per heavy atom. The first-order chi connectivity index (χ1) is 7.77. The molecule has 0 aromatic heterocycles. The number of carbonyl (C=O) groups excluding carboxylic acids is 1. The van der Waals surface area contributed by atoms with Crippen molar-refractivity contribution in [1.82, 2.24) is 0 Å². The van der Waals surface area contributed by atoms with E-state index in [1.165, 1.54) is 7.11 Å². The maximum atomic E-state index is 11.5. The summed E-state index contributed by atoms with van der Waals surface area (Å²) in [5.74, 6) is 0.238. The highest BCUT2D eigenvalue weighted by molar-refractivity contribution is 5.71. The fourth-order valence-electron chi connectivity index (χ4n) is 2.27. The summed E-state index contributed by atoms with van der Waals surface area (Å²) >= 11 is 0. The lowest BCUT2D eigenvalue weighted by Crippen LogP contribution is -2.38. The third kappa shape index (κ3) is 4.15. The fourth-order valence-corrected chi connectivity index (χ4v) is 2.27. The summed E-state index contributed by atoms with van der Waals surface area (Å²) in [4.78, 5) is 11.5. The molecule has 0 bridgehead atoms. The van der Waals surface area contributed by atoms with Crippen LogP contribution in [0.2, 0.25) is 0 Å². The Morgan fingerprint density at radius 2 is 2.12 bits per heavy atom. The van der Waals surface area contributed by atoms with Crippen LogP contribution >= 0.6 is 0 Å². The van der Waals surface area contributed by atoms with E-state index in [9.17, 15) is 4.79 Å². The van der Waals surface area contributed by atoms with Crippen molar-refractivity contribution in [2.45, 2.75) is 46.1 Å². The smallest absolute Gasteiger partial charge is 0.332 e. The molecule has 0 heterocycles. The molecule has 1 aliphatic rings. The maximum Gasteiger partial charge on any atom is 0.332 e. The molecule has 0 saturated carbocycles. The van der Waals surface area contributed by atoms with Crippen LogP contribution in [0.5, 0.6) is 0 Å². The number of esters is 1. The van der Waals surface area contributed by atoms with E-state index >= 15 is 0 Å². The maximum absolute atomic E-state index is 11.5. The quantitative estimate of drug-likeness (QED) is 0.562. The van der Waals surface area contributed by atoms with Gasteiger partial charge in [0, 0.05) is 7.11 Å². The molecule has 1 aliphatic carbocycles. The van der Waals surface area contributed by atoms with Gasteiger partial charge in [0.15, 0.2) is 0 Å². The van der Waals surface area contributed by atoms with Gasteiger partial charge in [0.1, 0.15) is 12.2 Å². The van der Waals surface area contributed by atoms with Crippen molar-refractivity contribution in [2.75, 3.05) is 13.7 Å². The summed E-state index contributed by atoms with van der Waals surface area (Å²) in [5.41, 5.74) is -0.245. The van der Waals surface area contributed by atoms with E-state index in [4.69, 9.17) is 9.47 Å². The highest BCUT2D eigenvalue weighted by Gasteiger charge is 2.36. The summed E-state index contributed by atoms with van der Waals surface area (Å²) in [7, 11) is 1.50. The minimum absolute atomic E-state index is 0.0175. The first kappa shape index (κ1) is 14.2. The van der Waals surface area contributed by atoms with Gasteiger partial charge in [-0.05, 0) is 37.2 Å². The number of methoxy groups -OCH3 is 1. The zero-order valence-electron chi connectivity index (χ0n) is 11.6. The fraction of sp³-hybridized carbons (Fsp3) is 0.786. The predicted molar refractivity (Wildman–Crippen MR) is 67.7 cm³/mol. The molecule has 1 rings (SSSR count). The van der Waals surface area contributed by atoms with Gasteiger partial charge in [0.25, 0.3) is 0 Å². The number of ether oxygens (including phenoxy) is 2. The largest absolute Gasteiger partial charge is 0.453 e. The van der Waals surface area contributed by atoms with E-state index in [1.54, 1.807) is 0 Å². The zero-order chi connectivity index (χ0) is 13.1. The van der Waals surface area contributed by atoms with Gasteiger partial charge in [-0.1, -0.05) is 26.8 Å². The second-order valence-electron chi connectivity index (χ2n) is 6.12. The zero-order valence-corrected chi connectivity index (χ0v) is 11.6. The highest BCUT2D eigenvalue weighted by Crippen LogP contribution is 2.40. The molecule has 0 aliphatic heterocycles. The van der Waals surface area contributed by atoms with Crippen molar-refractivity contribution in [2.24, 2.45) is 11.3 Å². The average molecular weight is 240 g/mol. The first-order valence-electron chi connectivity index (χ1n) is 6.15. The molecule has 0 spiro atoms. The Bertz CT molecular complexity index is 301. The van der Waals surface area contributed by atoms with E-state index in [0.29, 0.717) is 5.92 Å². The highest BCUT2D eigenvalue weighted by atomic mass is 16.6. The van der Waals surface area contributed by atoms with Crippen LogP contribution in [0.4, 0.5) is 0 Å². The van der Waals surface area contributed by atoms with Crippen molar-refractivity contribution in [3.8, 4) is 0 Å². The van der Waals surface area contributed by atoms with Gasteiger partial charge in [0.05, 0.1) is 0 Å². The number of hydrogen-bond acceptors (Lipinski definition) is 3. The Hall–Kier alpha value is -0.830. The summed E-state index contributed by atoms with van der Waals surface area (Å²) in [5, 5.41) is 0. The minimum Gasteiger partial charge on any atom is -0.453 e. The lowest BCUT2D eigenvalue weighted by Gasteiger charge is -2.39. The average Bonchev–Trinajstić information content (AvgIpc) is 2.15. The SMILES string of the molecule is COCC(=O)O[C@]1(C)C=CC[C@H](C(C)(C)C)C1. The van der Waals surface area contributed by atoms with Crippen LogP contribution in [0, 0.1) is 11.3 Å². The monoisotopic (exact) mass is 240 g/mol. The van der Waals surface area contributed by atoms with Gasteiger partial charge in [-0.25, -0.2) is 4.79 Å². The molecule has 3 nitrogen and oxygen atoms in total. The summed E-state index contributed by atoms with van der Waals surface area (Å²) in [6.07, 6.45) is 6.06. The molecule has 17 heavy (non-hydrogen) atoms. The molecule has 98 valence electrons. The van der Waals surface area contributed by atoms with Gasteiger partial charge in [-0.15, -0.1) is 0 Å². The molecule has 0 unspecified atom stereocenters. The van der Waals surface area contributed by atoms with Crippen molar-refractivity contribution >= 4 is 5.97 Å². The van der Waals surface area contributed by atoms with E-state index in [-0.39, 0.29) is 18.0 Å². The van der Waals surface area contributed by atoms with Gasteiger partial charge in [-0.3, -0.25) is 0 Å². The molecule has 0 amide bonds. The third-order valence-electron chi connectivity index (χ3n) is 3.38. The van der Waals surface area contributed by atoms with Crippen LogP contribution in [0.3, 0.4) is 0 Å². The Kier molecular flexibility index (Phi) is 4.36. The molecular weight excluding hydrogens is 216 g/mol. The van der Waals surface area contributed by atoms with Crippen LogP contribution < -0.4 is 0 Å². The topological polar surface area (TPSA) is 35.5 Å². The molecule has 2 atom stereocenters. The molecule has 0 N–H and O–H groups in total. The van der Waals surface area contributed by atoms with Crippen LogP contribution in [0.1, 0.15) is 40.5 Å². The van der Waals surface area contributed by atoms with Crippen LogP contribution in [-0.4, -0.2) is 25.3 Å². The van der Waals surface area contributed by atoms with Crippen LogP contribution in [0.15, 0.2) is 12.2 Å². The number of carbonyl (C=O) groups is 1. The number of allylic oxidation sites excluding steroid dienone is 1. The summed E-state index contributed by atoms with van der Waals surface area (Å²) < 4.78 is 10.3. The lowest BCUT2D eigenvalue weighted by atomic mass is 9.70. The van der Waals surface area contributed by atoms with Gasteiger partial charge in [-0.2, -0.15) is 0 Å². The molecule has 0 aromatic carbocycles. The van der Waals surface area contributed by atoms with E-state index in [0.717, 1.165) is 12.8 Å². The van der Waals surface area contributed by atoms with Gasteiger partial charge in [0.2, 0.25) is 0 Å². The molecular formula is C14H24O3. The van der Waals surface area contributed by atoms with Crippen molar-refractivity contribution in [3.05, 3.63) is 12.2 Å². The molecule has 0 saturated heterocycles. The van der Waals surface area contributed by atoms with E-state index in [1.807, 2.05) is 13.0 Å². The molecule has 0 aromatic rings. The van der Waals surface area contributed by atoms with E-state index in [2.05, 4.69) is 26.8 Å². The summed E-state index contributed by atoms with van der Waals surface area (Å²) in [6, 6.07) is 0. The van der Waals surface area contributed by atoms with Gasteiger partial charge < -0.3 is 9.47 Å². The minimum atomic E-state index is -0.480. The lowest BCUT2D eigenvalue weighted by molar-refractivity contribution is -0.160. The molecule has 3 heteroatoms. The normalized spacial score (nSPS) is 29.1. The van der Waals surface area contributed by atoms with Crippen molar-refractivity contribution in [3.63, 3.8) is 0 Å². The Labute approximate surface area is 104 Å². The van der Waals surface area contributed by atoms with Crippen molar-refractivity contribution in [1.29, 1.82) is 0 Å². The summed E-state index contributed by atoms with van der Waals surface area (Å²) in [6.45, 7) is 8.68. The van der Waals surface area contributed by atoms with Crippen LogP contribution in [0.25, 0.3) is 0 Å². The van der Waals surface area contributed by atoms with E-state index < -0.39 is 5.60 Å². The second kappa shape index (κ2) is 5.21. The first-order valence-corrected chi connectivity index (χ1v) is 6.15. The van der Waals surface area contributed by atoms with Crippen molar-refractivity contribution < 1.29 is 14.3 Å². The third-order valence-corrected chi connectivity index (χ3v) is 3.38. The molecule has 0 radical (unpaired) electrons. The standard InChI is InChI=1S/C14H24O3/c1-13(2,3)11-7-6-8-14(4,9-11)17-12(15)10-16-5/h6,8,11H,7,9-10H2,1-5H3/t11-,14+/m0/s1.